The first-order valence-electron chi connectivity index (χ1n) is 8.70. The van der Waals surface area contributed by atoms with Crippen molar-refractivity contribution in [1.82, 2.24) is 14.8 Å². The van der Waals surface area contributed by atoms with Gasteiger partial charge in [0.15, 0.2) is 11.0 Å². The number of carbonyl (C=O) groups excluding carboxylic acids is 1. The first-order valence-corrected chi connectivity index (χ1v) is 9.69. The van der Waals surface area contributed by atoms with Gasteiger partial charge in [-0.15, -0.1) is 10.2 Å². The summed E-state index contributed by atoms with van der Waals surface area (Å²) in [5.41, 5.74) is 8.76. The summed E-state index contributed by atoms with van der Waals surface area (Å²) in [6.45, 7) is 1.91. The van der Waals surface area contributed by atoms with Crippen molar-refractivity contribution in [2.45, 2.75) is 17.8 Å². The fourth-order valence-corrected chi connectivity index (χ4v) is 3.79. The van der Waals surface area contributed by atoms with Crippen LogP contribution in [0.15, 0.2) is 76.5 Å². The van der Waals surface area contributed by atoms with Crippen LogP contribution in [0.5, 0.6) is 0 Å². The lowest BCUT2D eigenvalue weighted by Crippen LogP contribution is -2.10. The molecule has 0 fully saturated rings. The van der Waals surface area contributed by atoms with E-state index in [9.17, 15) is 4.79 Å². The highest BCUT2D eigenvalue weighted by molar-refractivity contribution is 7.98. The fraction of sp³-hybridized carbons (Fsp3) is 0.0952. The number of aryl methyl sites for hydroxylation is 1. The summed E-state index contributed by atoms with van der Waals surface area (Å²) < 4.78 is 7.48. The van der Waals surface area contributed by atoms with Gasteiger partial charge in [-0.3, -0.25) is 9.36 Å². The molecule has 2 heterocycles. The van der Waals surface area contributed by atoms with Crippen LogP contribution < -0.4 is 5.73 Å². The highest BCUT2D eigenvalue weighted by Crippen LogP contribution is 2.31. The van der Waals surface area contributed by atoms with E-state index in [0.717, 1.165) is 33.6 Å². The van der Waals surface area contributed by atoms with Crippen LogP contribution in [0.2, 0.25) is 0 Å². The van der Waals surface area contributed by atoms with E-state index in [-0.39, 0.29) is 0 Å². The number of aromatic nitrogens is 3. The van der Waals surface area contributed by atoms with Gasteiger partial charge in [0.1, 0.15) is 5.76 Å². The number of para-hydroxylation sites is 1. The molecule has 4 rings (SSSR count). The zero-order valence-electron chi connectivity index (χ0n) is 15.2. The largest absolute Gasteiger partial charge is 0.469 e. The molecule has 0 aliphatic rings. The average molecular weight is 390 g/mol. The first kappa shape index (κ1) is 18.1. The SMILES string of the molecule is Cc1occc1-c1nnc(SCc2ccc(C(N)=O)cc2)n1-c1ccccc1. The van der Waals surface area contributed by atoms with Crippen LogP contribution in [-0.4, -0.2) is 20.7 Å². The quantitative estimate of drug-likeness (QED) is 0.498. The average Bonchev–Trinajstić information content (AvgIpc) is 3.33. The third-order valence-electron chi connectivity index (χ3n) is 4.35. The Morgan fingerprint density at radius 3 is 2.46 bits per heavy atom. The van der Waals surface area contributed by atoms with Crippen molar-refractivity contribution in [3.8, 4) is 17.1 Å². The van der Waals surface area contributed by atoms with Crippen LogP contribution in [0.4, 0.5) is 0 Å². The molecular weight excluding hydrogens is 372 g/mol. The molecule has 6 nitrogen and oxygen atoms in total. The minimum atomic E-state index is -0.428. The van der Waals surface area contributed by atoms with Crippen LogP contribution in [-0.2, 0) is 5.75 Å². The number of nitrogens with two attached hydrogens (primary N) is 1. The van der Waals surface area contributed by atoms with E-state index in [0.29, 0.717) is 11.3 Å². The Hall–Kier alpha value is -3.32. The van der Waals surface area contributed by atoms with Crippen molar-refractivity contribution in [3.05, 3.63) is 83.8 Å². The summed E-state index contributed by atoms with van der Waals surface area (Å²) in [6, 6.07) is 19.2. The molecule has 28 heavy (non-hydrogen) atoms. The predicted octanol–water partition coefficient (Wildman–Crippen LogP) is 4.23. The zero-order chi connectivity index (χ0) is 19.5. The number of nitrogens with zero attached hydrogens (tertiary/aromatic N) is 3. The number of carbonyl (C=O) groups is 1. The van der Waals surface area contributed by atoms with Crippen LogP contribution in [0.25, 0.3) is 17.1 Å². The van der Waals surface area contributed by atoms with Gasteiger partial charge in [0.25, 0.3) is 0 Å². The van der Waals surface area contributed by atoms with Crippen LogP contribution in [0.3, 0.4) is 0 Å². The number of benzene rings is 2. The molecule has 0 saturated heterocycles. The van der Waals surface area contributed by atoms with E-state index in [1.165, 1.54) is 0 Å². The summed E-state index contributed by atoms with van der Waals surface area (Å²) in [4.78, 5) is 11.2. The maximum absolute atomic E-state index is 11.2. The Kier molecular flexibility index (Phi) is 4.99. The second-order valence-electron chi connectivity index (χ2n) is 6.22. The normalized spacial score (nSPS) is 10.9. The van der Waals surface area contributed by atoms with Crippen molar-refractivity contribution in [1.29, 1.82) is 0 Å². The first-order chi connectivity index (χ1) is 13.6. The maximum Gasteiger partial charge on any atom is 0.248 e. The van der Waals surface area contributed by atoms with Gasteiger partial charge in [0.05, 0.1) is 11.8 Å². The molecule has 0 bridgehead atoms. The number of primary amides is 1. The second-order valence-corrected chi connectivity index (χ2v) is 7.16. The van der Waals surface area contributed by atoms with Crippen LogP contribution >= 0.6 is 11.8 Å². The van der Waals surface area contributed by atoms with Crippen molar-refractivity contribution in [2.75, 3.05) is 0 Å². The topological polar surface area (TPSA) is 86.9 Å². The van der Waals surface area contributed by atoms with Gasteiger partial charge in [-0.2, -0.15) is 0 Å². The molecule has 2 aromatic heterocycles. The summed E-state index contributed by atoms with van der Waals surface area (Å²) in [5.74, 6) is 1.80. The Morgan fingerprint density at radius 1 is 1.07 bits per heavy atom. The number of rotatable bonds is 6. The number of hydrogen-bond acceptors (Lipinski definition) is 5. The number of furan rings is 1. The van der Waals surface area contributed by atoms with Gasteiger partial charge in [0.2, 0.25) is 5.91 Å². The van der Waals surface area contributed by atoms with Gasteiger partial charge >= 0.3 is 0 Å². The summed E-state index contributed by atoms with van der Waals surface area (Å²) in [6.07, 6.45) is 1.65. The molecule has 0 unspecified atom stereocenters. The van der Waals surface area contributed by atoms with Gasteiger partial charge in [0, 0.05) is 17.0 Å². The minimum Gasteiger partial charge on any atom is -0.469 e. The Balaban J connectivity index is 1.66. The zero-order valence-corrected chi connectivity index (χ0v) is 16.0. The van der Waals surface area contributed by atoms with Crippen molar-refractivity contribution in [3.63, 3.8) is 0 Å². The fourth-order valence-electron chi connectivity index (χ4n) is 2.88. The lowest BCUT2D eigenvalue weighted by Gasteiger charge is -2.10. The molecular formula is C21H18N4O2S. The third kappa shape index (κ3) is 3.57. The van der Waals surface area contributed by atoms with Crippen molar-refractivity contribution in [2.24, 2.45) is 5.73 Å². The number of amides is 1. The second kappa shape index (κ2) is 7.74. The molecule has 2 aromatic carbocycles. The smallest absolute Gasteiger partial charge is 0.248 e. The van der Waals surface area contributed by atoms with Crippen LogP contribution in [0, 0.1) is 6.92 Å². The van der Waals surface area contributed by atoms with Gasteiger partial charge in [-0.25, -0.2) is 0 Å². The van der Waals surface area contributed by atoms with E-state index in [1.807, 2.05) is 60.0 Å². The van der Waals surface area contributed by atoms with E-state index < -0.39 is 5.91 Å². The molecule has 0 spiro atoms. The monoisotopic (exact) mass is 390 g/mol. The van der Waals surface area contributed by atoms with E-state index in [4.69, 9.17) is 10.2 Å². The summed E-state index contributed by atoms with van der Waals surface area (Å²) in [7, 11) is 0. The molecule has 7 heteroatoms. The van der Waals surface area contributed by atoms with Gasteiger partial charge in [-0.05, 0) is 42.8 Å². The molecule has 1 amide bonds. The number of thioether (sulfide) groups is 1. The lowest BCUT2D eigenvalue weighted by molar-refractivity contribution is 0.100. The Bertz CT molecular complexity index is 1100. The summed E-state index contributed by atoms with van der Waals surface area (Å²) in [5, 5.41) is 9.61. The highest BCUT2D eigenvalue weighted by Gasteiger charge is 2.18. The van der Waals surface area contributed by atoms with Crippen LogP contribution in [0.1, 0.15) is 21.7 Å². The standard InChI is InChI=1S/C21H18N4O2S/c1-14-18(11-12-27-14)20-23-24-21(25(20)17-5-3-2-4-6-17)28-13-15-7-9-16(10-8-15)19(22)26/h2-12H,13H2,1H3,(H2,22,26). The van der Waals surface area contributed by atoms with Gasteiger partial charge < -0.3 is 10.2 Å². The molecule has 4 aromatic rings. The molecule has 0 radical (unpaired) electrons. The van der Waals surface area contributed by atoms with E-state index in [1.54, 1.807) is 30.2 Å². The third-order valence-corrected chi connectivity index (χ3v) is 5.35. The number of hydrogen-bond donors (Lipinski definition) is 1. The Morgan fingerprint density at radius 2 is 1.82 bits per heavy atom. The molecule has 2 N–H and O–H groups in total. The lowest BCUT2D eigenvalue weighted by atomic mass is 10.1. The van der Waals surface area contributed by atoms with E-state index >= 15 is 0 Å². The molecule has 140 valence electrons. The highest BCUT2D eigenvalue weighted by atomic mass is 32.2. The molecule has 0 atom stereocenters. The van der Waals surface area contributed by atoms with Gasteiger partial charge in [-0.1, -0.05) is 42.1 Å². The van der Waals surface area contributed by atoms with Crippen molar-refractivity contribution < 1.29 is 9.21 Å². The summed E-state index contributed by atoms with van der Waals surface area (Å²) >= 11 is 1.58. The maximum atomic E-state index is 11.2. The molecule has 0 saturated carbocycles. The van der Waals surface area contributed by atoms with Crippen molar-refractivity contribution >= 4 is 17.7 Å². The minimum absolute atomic E-state index is 0.428. The Labute approximate surface area is 166 Å². The molecule has 0 aliphatic carbocycles. The molecule has 0 aliphatic heterocycles. The predicted molar refractivity (Wildman–Crippen MR) is 108 cm³/mol. The van der Waals surface area contributed by atoms with E-state index in [2.05, 4.69) is 10.2 Å².